The Hall–Kier alpha value is -3.81. The van der Waals surface area contributed by atoms with Crippen LogP contribution in [0.1, 0.15) is 54.6 Å². The first kappa shape index (κ1) is 31.1. The molecule has 2 N–H and O–H groups in total. The second-order valence-electron chi connectivity index (χ2n) is 10.1. The zero-order valence-corrected chi connectivity index (χ0v) is 22.6. The van der Waals surface area contributed by atoms with Crippen molar-refractivity contribution in [3.63, 3.8) is 0 Å². The third kappa shape index (κ3) is 7.33. The highest BCUT2D eigenvalue weighted by molar-refractivity contribution is 5.87. The smallest absolute Gasteiger partial charge is 0.407 e. The van der Waals surface area contributed by atoms with Gasteiger partial charge in [-0.1, -0.05) is 36.4 Å². The number of aromatic nitrogens is 2. The molecule has 1 saturated carbocycles. The van der Waals surface area contributed by atoms with Crippen molar-refractivity contribution in [3.8, 4) is 0 Å². The van der Waals surface area contributed by atoms with Crippen molar-refractivity contribution in [3.05, 3.63) is 65.2 Å². The van der Waals surface area contributed by atoms with Crippen LogP contribution in [0.5, 0.6) is 0 Å². The van der Waals surface area contributed by atoms with E-state index in [0.29, 0.717) is 0 Å². The maximum absolute atomic E-state index is 15.9. The Morgan fingerprint density at radius 3 is 2.48 bits per heavy atom. The molecule has 1 aliphatic rings. The van der Waals surface area contributed by atoms with Gasteiger partial charge in [-0.25, -0.2) is 27.3 Å². The van der Waals surface area contributed by atoms with Crippen molar-refractivity contribution in [2.75, 3.05) is 20.4 Å². The van der Waals surface area contributed by atoms with E-state index in [1.165, 1.54) is 24.6 Å². The molecule has 1 aliphatic carbocycles. The molecule has 8 nitrogen and oxygen atoms in total. The number of alkyl halides is 5. The number of hydrogen-bond acceptors (Lipinski definition) is 5. The van der Waals surface area contributed by atoms with Crippen LogP contribution in [0.25, 0.3) is 11.0 Å². The molecule has 3 aromatic rings. The molecule has 0 radical (unpaired) electrons. The van der Waals surface area contributed by atoms with Crippen LogP contribution in [-0.2, 0) is 27.4 Å². The molecule has 1 fully saturated rings. The average Bonchev–Trinajstić information content (AvgIpc) is 3.34. The number of carbonyl (C=O) groups excluding carboxylic acids is 2. The van der Waals surface area contributed by atoms with E-state index >= 15 is 4.39 Å². The summed E-state index contributed by atoms with van der Waals surface area (Å²) in [4.78, 5) is 29.3. The van der Waals surface area contributed by atoms with Gasteiger partial charge in [0.2, 0.25) is 11.8 Å². The van der Waals surface area contributed by atoms with E-state index in [1.807, 2.05) is 6.07 Å². The Morgan fingerprint density at radius 2 is 1.83 bits per heavy atom. The summed E-state index contributed by atoms with van der Waals surface area (Å²) in [5.74, 6) is -6.67. The zero-order valence-electron chi connectivity index (χ0n) is 22.6. The number of imidazole rings is 1. The van der Waals surface area contributed by atoms with E-state index < -0.39 is 67.9 Å². The minimum absolute atomic E-state index is 0.0107. The summed E-state index contributed by atoms with van der Waals surface area (Å²) in [5, 5.41) is 3.78. The number of nitrogens with one attached hydrogen (secondary N) is 2. The summed E-state index contributed by atoms with van der Waals surface area (Å²) >= 11 is 0. The van der Waals surface area contributed by atoms with Crippen molar-refractivity contribution >= 4 is 23.0 Å². The lowest BCUT2D eigenvalue weighted by atomic mass is 9.91. The summed E-state index contributed by atoms with van der Waals surface area (Å²) in [6, 6.07) is 6.82. The Labute approximate surface area is 237 Å². The maximum Gasteiger partial charge on any atom is 0.407 e. The number of nitrogens with zero attached hydrogens (tertiary/aromatic N) is 2. The van der Waals surface area contributed by atoms with Crippen LogP contribution in [-0.4, -0.2) is 53.9 Å². The average molecular weight is 601 g/mol. The zero-order chi connectivity index (χ0) is 30.5. The Balaban J connectivity index is 1.65. The first-order valence-electron chi connectivity index (χ1n) is 13.2. The van der Waals surface area contributed by atoms with Crippen LogP contribution < -0.4 is 10.6 Å². The molecule has 4 rings (SSSR count). The molecule has 0 bridgehead atoms. The highest BCUT2D eigenvalue weighted by Gasteiger charge is 2.38. The predicted molar refractivity (Wildman–Crippen MR) is 139 cm³/mol. The molecule has 0 aliphatic heterocycles. The fourth-order valence-electron chi connectivity index (χ4n) is 4.98. The minimum atomic E-state index is -4.16. The van der Waals surface area contributed by atoms with Crippen molar-refractivity contribution in [1.82, 2.24) is 20.2 Å². The number of ether oxygens (including phenoxy) is 2. The highest BCUT2D eigenvalue weighted by atomic mass is 19.3. The van der Waals surface area contributed by atoms with E-state index in [0.717, 1.165) is 5.56 Å². The number of methoxy groups -OCH3 is 1. The van der Waals surface area contributed by atoms with E-state index in [2.05, 4.69) is 10.3 Å². The molecule has 1 aromatic heterocycles. The Kier molecular flexibility index (Phi) is 9.64. The van der Waals surface area contributed by atoms with Crippen LogP contribution in [0.4, 0.5) is 31.1 Å². The highest BCUT2D eigenvalue weighted by Crippen LogP contribution is 2.41. The van der Waals surface area contributed by atoms with Gasteiger partial charge in [0.1, 0.15) is 17.9 Å². The van der Waals surface area contributed by atoms with E-state index in [4.69, 9.17) is 9.47 Å². The van der Waals surface area contributed by atoms with Gasteiger partial charge < -0.3 is 19.4 Å². The molecule has 14 heteroatoms. The molecule has 2 amide bonds. The third-order valence-corrected chi connectivity index (χ3v) is 7.06. The second-order valence-corrected chi connectivity index (χ2v) is 10.1. The van der Waals surface area contributed by atoms with Gasteiger partial charge in [-0.05, 0) is 24.5 Å². The number of rotatable bonds is 11. The molecule has 2 aromatic carbocycles. The lowest BCUT2D eigenvalue weighted by molar-refractivity contribution is -0.137. The second kappa shape index (κ2) is 13.0. The van der Waals surface area contributed by atoms with Crippen LogP contribution in [0.3, 0.4) is 0 Å². The number of hydrogen-bond donors (Lipinski definition) is 2. The number of fused-ring (bicyclic) bond motifs is 1. The number of amides is 2. The Morgan fingerprint density at radius 1 is 1.14 bits per heavy atom. The maximum atomic E-state index is 15.9. The monoisotopic (exact) mass is 600 g/mol. The number of halogens is 6. The number of benzene rings is 2. The van der Waals surface area contributed by atoms with Crippen molar-refractivity contribution < 1.29 is 45.4 Å². The summed E-state index contributed by atoms with van der Waals surface area (Å²) in [6.45, 7) is -2.91. The molecular weight excluding hydrogens is 570 g/mol. The van der Waals surface area contributed by atoms with E-state index in [-0.39, 0.29) is 48.4 Å². The first-order valence-corrected chi connectivity index (χ1v) is 13.2. The molecule has 1 heterocycles. The van der Waals surface area contributed by atoms with Crippen LogP contribution in [0.15, 0.2) is 42.5 Å². The predicted octanol–water partition coefficient (Wildman–Crippen LogP) is 5.76. The third-order valence-electron chi connectivity index (χ3n) is 7.06. The van der Waals surface area contributed by atoms with Crippen molar-refractivity contribution in [2.45, 2.75) is 62.8 Å². The summed E-state index contributed by atoms with van der Waals surface area (Å²) in [7, 11) is 1.18. The molecule has 1 atom stereocenters. The van der Waals surface area contributed by atoms with Gasteiger partial charge in [0.25, 0.3) is 0 Å². The largest absolute Gasteiger partial charge is 0.445 e. The summed E-state index contributed by atoms with van der Waals surface area (Å²) in [5.41, 5.74) is 0.353. The van der Waals surface area contributed by atoms with Gasteiger partial charge in [0.05, 0.1) is 24.6 Å². The molecule has 42 heavy (non-hydrogen) atoms. The quantitative estimate of drug-likeness (QED) is 0.216. The van der Waals surface area contributed by atoms with Gasteiger partial charge in [0.15, 0.2) is 12.5 Å². The van der Waals surface area contributed by atoms with E-state index in [9.17, 15) is 31.5 Å². The van der Waals surface area contributed by atoms with Gasteiger partial charge in [-0.3, -0.25) is 10.1 Å². The van der Waals surface area contributed by atoms with Crippen LogP contribution in [0, 0.1) is 5.82 Å². The van der Waals surface area contributed by atoms with Gasteiger partial charge in [-0.2, -0.15) is 8.78 Å². The molecule has 228 valence electrons. The lowest BCUT2D eigenvalue weighted by Crippen LogP contribution is -2.46. The van der Waals surface area contributed by atoms with Gasteiger partial charge in [0, 0.05) is 31.6 Å². The van der Waals surface area contributed by atoms with Gasteiger partial charge >= 0.3 is 12.1 Å². The fourth-order valence-corrected chi connectivity index (χ4v) is 4.98. The first-order chi connectivity index (χ1) is 19.9. The van der Waals surface area contributed by atoms with Gasteiger partial charge in [-0.15, -0.1) is 0 Å². The van der Waals surface area contributed by atoms with Crippen molar-refractivity contribution in [1.29, 1.82) is 0 Å². The van der Waals surface area contributed by atoms with Crippen LogP contribution in [0.2, 0.25) is 0 Å². The van der Waals surface area contributed by atoms with E-state index in [1.54, 1.807) is 28.8 Å². The van der Waals surface area contributed by atoms with Crippen molar-refractivity contribution in [2.24, 2.45) is 0 Å². The Bertz CT molecular complexity index is 1390. The van der Waals surface area contributed by atoms with Crippen LogP contribution >= 0.6 is 0 Å². The fraction of sp³-hybridized carbons (Fsp3) is 0.464. The molecule has 0 unspecified atom stereocenters. The standard InChI is InChI=1S/C28H30F6N4O4/c1-41-15-20(25(39)37-28(33,34)16-29)19-7-8-21-24(23(19)30)36-22(38(21)18-9-11-27(31,32)12-10-18)13-35-26(40)42-14-17-5-3-2-4-6-17/h2-8,18,20H,9-16H2,1H3,(H,35,40)(H,37,39)/t20-/m1/s1. The number of carbonyl (C=O) groups is 2. The summed E-state index contributed by atoms with van der Waals surface area (Å²) in [6.07, 6.45) is -1.48. The number of alkyl carbamates (subject to hydrolysis) is 1. The SMILES string of the molecule is COC[C@@H](C(=O)NC(F)(F)CF)c1ccc2c(nc(CNC(=O)OCc3ccccc3)n2C2CCC(F)(F)CC2)c1F. The molecule has 0 saturated heterocycles. The lowest BCUT2D eigenvalue weighted by Gasteiger charge is -2.30. The molecular formula is C28H30F6N4O4. The molecule has 0 spiro atoms. The topological polar surface area (TPSA) is 94.5 Å². The minimum Gasteiger partial charge on any atom is -0.445 e. The summed E-state index contributed by atoms with van der Waals surface area (Å²) < 4.78 is 95.2. The normalized spacial score (nSPS) is 16.3.